The highest BCUT2D eigenvalue weighted by Gasteiger charge is 2.50. The van der Waals surface area contributed by atoms with E-state index in [1.807, 2.05) is 6.07 Å². The van der Waals surface area contributed by atoms with Gasteiger partial charge in [0.05, 0.1) is 4.90 Å². The quantitative estimate of drug-likeness (QED) is 0.800. The number of benzene rings is 1. The topological polar surface area (TPSA) is 66.5 Å². The number of carbonyl (C=O) groups excluding carboxylic acids is 1. The summed E-state index contributed by atoms with van der Waals surface area (Å²) >= 11 is 0. The molecule has 0 atom stereocenters. The first-order chi connectivity index (χ1) is 13.9. The van der Waals surface area contributed by atoms with E-state index in [1.54, 1.807) is 24.3 Å². The molecule has 6 rings (SSSR count). The van der Waals surface area contributed by atoms with Crippen molar-refractivity contribution in [1.29, 1.82) is 0 Å². The number of rotatable bonds is 5. The second-order valence-corrected chi connectivity index (χ2v) is 12.1. The van der Waals surface area contributed by atoms with E-state index in [9.17, 15) is 13.2 Å². The molecular formula is C23H32N2O3S. The molecule has 0 aromatic heterocycles. The van der Waals surface area contributed by atoms with Crippen molar-refractivity contribution in [3.63, 3.8) is 0 Å². The zero-order valence-corrected chi connectivity index (χ0v) is 17.9. The monoisotopic (exact) mass is 416 g/mol. The predicted octanol–water partition coefficient (Wildman–Crippen LogP) is 3.42. The summed E-state index contributed by atoms with van der Waals surface area (Å²) in [7, 11) is -3.45. The third kappa shape index (κ3) is 3.74. The molecule has 4 aliphatic carbocycles. The van der Waals surface area contributed by atoms with Crippen LogP contribution in [0.3, 0.4) is 0 Å². The second-order valence-electron chi connectivity index (χ2n) is 10.1. The molecule has 0 radical (unpaired) electrons. The Morgan fingerprint density at radius 3 is 2.07 bits per heavy atom. The highest BCUT2D eigenvalue weighted by molar-refractivity contribution is 7.89. The van der Waals surface area contributed by atoms with Gasteiger partial charge in [-0.1, -0.05) is 18.2 Å². The van der Waals surface area contributed by atoms with Gasteiger partial charge in [0.1, 0.15) is 0 Å². The first-order valence-corrected chi connectivity index (χ1v) is 12.7. The molecule has 1 aromatic rings. The van der Waals surface area contributed by atoms with Crippen LogP contribution in [-0.2, 0) is 14.8 Å². The molecule has 1 heterocycles. The zero-order chi connectivity index (χ0) is 20.1. The standard InChI is InChI=1S/C23H32N2O3S/c26-22(24-16-23-13-17-10-18(14-23)12-19(11-17)15-23)20-6-8-25(9-7-20)29(27,28)21-4-2-1-3-5-21/h1-5,17-20H,6-16H2,(H,24,26). The number of hydrogen-bond donors (Lipinski definition) is 1. The molecule has 0 unspecified atom stereocenters. The van der Waals surface area contributed by atoms with Gasteiger partial charge >= 0.3 is 0 Å². The van der Waals surface area contributed by atoms with Gasteiger partial charge < -0.3 is 5.32 Å². The van der Waals surface area contributed by atoms with E-state index >= 15 is 0 Å². The second kappa shape index (κ2) is 7.38. The van der Waals surface area contributed by atoms with Crippen LogP contribution < -0.4 is 5.32 Å². The molecule has 0 spiro atoms. The molecule has 29 heavy (non-hydrogen) atoms. The average Bonchev–Trinajstić information content (AvgIpc) is 2.72. The summed E-state index contributed by atoms with van der Waals surface area (Å²) in [5.74, 6) is 2.75. The van der Waals surface area contributed by atoms with Crippen LogP contribution in [0, 0.1) is 29.1 Å². The highest BCUT2D eigenvalue weighted by Crippen LogP contribution is 2.59. The lowest BCUT2D eigenvalue weighted by Crippen LogP contribution is -2.52. The Morgan fingerprint density at radius 1 is 0.966 bits per heavy atom. The van der Waals surface area contributed by atoms with Crippen LogP contribution in [-0.4, -0.2) is 38.3 Å². The minimum absolute atomic E-state index is 0.0638. The maximum absolute atomic E-state index is 12.8. The molecule has 4 bridgehead atoms. The number of nitrogens with one attached hydrogen (secondary N) is 1. The Hall–Kier alpha value is -1.40. The van der Waals surface area contributed by atoms with Crippen molar-refractivity contribution in [3.8, 4) is 0 Å². The molecule has 1 aliphatic heterocycles. The molecule has 158 valence electrons. The van der Waals surface area contributed by atoms with Crippen LogP contribution >= 0.6 is 0 Å². The van der Waals surface area contributed by atoms with Crippen LogP contribution in [0.15, 0.2) is 35.2 Å². The van der Waals surface area contributed by atoms with Gasteiger partial charge in [-0.05, 0) is 86.7 Å². The van der Waals surface area contributed by atoms with Crippen LogP contribution in [0.2, 0.25) is 0 Å². The van der Waals surface area contributed by atoms with Crippen LogP contribution in [0.4, 0.5) is 0 Å². The Balaban J connectivity index is 1.15. The lowest BCUT2D eigenvalue weighted by Gasteiger charge is -2.57. The van der Waals surface area contributed by atoms with Gasteiger partial charge in [-0.3, -0.25) is 4.79 Å². The minimum atomic E-state index is -3.45. The number of hydrogen-bond acceptors (Lipinski definition) is 3. The van der Waals surface area contributed by atoms with Crippen molar-refractivity contribution >= 4 is 15.9 Å². The van der Waals surface area contributed by atoms with E-state index in [4.69, 9.17) is 0 Å². The summed E-state index contributed by atoms with van der Waals surface area (Å²) < 4.78 is 27.1. The third-order valence-electron chi connectivity index (χ3n) is 8.01. The fourth-order valence-corrected chi connectivity index (χ4v) is 8.52. The Bertz CT molecular complexity index is 824. The summed E-state index contributed by atoms with van der Waals surface area (Å²) in [5.41, 5.74) is 0.349. The first-order valence-electron chi connectivity index (χ1n) is 11.3. The van der Waals surface area contributed by atoms with Crippen LogP contribution in [0.1, 0.15) is 51.4 Å². The van der Waals surface area contributed by atoms with Crippen molar-refractivity contribution in [2.24, 2.45) is 29.1 Å². The maximum atomic E-state index is 12.8. The molecule has 1 amide bonds. The van der Waals surface area contributed by atoms with Gasteiger partial charge in [0.15, 0.2) is 0 Å². The van der Waals surface area contributed by atoms with Crippen molar-refractivity contribution in [3.05, 3.63) is 30.3 Å². The molecule has 6 heteroatoms. The van der Waals surface area contributed by atoms with E-state index in [1.165, 1.54) is 42.8 Å². The van der Waals surface area contributed by atoms with Gasteiger partial charge in [0.25, 0.3) is 0 Å². The van der Waals surface area contributed by atoms with Crippen LogP contribution in [0.5, 0.6) is 0 Å². The smallest absolute Gasteiger partial charge is 0.243 e. The lowest BCUT2D eigenvalue weighted by atomic mass is 9.49. The Morgan fingerprint density at radius 2 is 1.52 bits per heavy atom. The fourth-order valence-electron chi connectivity index (χ4n) is 7.03. The zero-order valence-electron chi connectivity index (χ0n) is 17.1. The first kappa shape index (κ1) is 19.6. The molecule has 5 nitrogen and oxygen atoms in total. The number of piperidine rings is 1. The highest BCUT2D eigenvalue weighted by atomic mass is 32.2. The molecule has 1 saturated heterocycles. The van der Waals surface area contributed by atoms with Gasteiger partial charge in [0.2, 0.25) is 15.9 Å². The number of carbonyl (C=O) groups is 1. The number of sulfonamides is 1. The van der Waals surface area contributed by atoms with E-state index in [0.717, 1.165) is 24.3 Å². The Kier molecular flexibility index (Phi) is 4.98. The van der Waals surface area contributed by atoms with Crippen molar-refractivity contribution < 1.29 is 13.2 Å². The van der Waals surface area contributed by atoms with Gasteiger partial charge in [-0.2, -0.15) is 4.31 Å². The molecule has 1 aromatic carbocycles. The predicted molar refractivity (Wildman–Crippen MR) is 112 cm³/mol. The van der Waals surface area contributed by atoms with E-state index in [-0.39, 0.29) is 11.8 Å². The SMILES string of the molecule is O=C(NCC12CC3CC(CC(C3)C1)C2)C1CCN(S(=O)(=O)c2ccccc2)CC1. The van der Waals surface area contributed by atoms with E-state index in [2.05, 4.69) is 5.32 Å². The lowest BCUT2D eigenvalue weighted by molar-refractivity contribution is -0.128. The summed E-state index contributed by atoms with van der Waals surface area (Å²) in [6, 6.07) is 8.59. The summed E-state index contributed by atoms with van der Waals surface area (Å²) in [5, 5.41) is 3.29. The molecular weight excluding hydrogens is 384 g/mol. The van der Waals surface area contributed by atoms with Gasteiger partial charge in [-0.15, -0.1) is 0 Å². The maximum Gasteiger partial charge on any atom is 0.243 e. The molecule has 1 N–H and O–H groups in total. The van der Waals surface area contributed by atoms with Crippen molar-refractivity contribution in [2.45, 2.75) is 56.3 Å². The Labute approximate surface area is 174 Å². The van der Waals surface area contributed by atoms with Crippen LogP contribution in [0.25, 0.3) is 0 Å². The fraction of sp³-hybridized carbons (Fsp3) is 0.696. The molecule has 5 fully saturated rings. The normalized spacial score (nSPS) is 35.0. The van der Waals surface area contributed by atoms with Crippen molar-refractivity contribution in [1.82, 2.24) is 9.62 Å². The molecule has 5 aliphatic rings. The third-order valence-corrected chi connectivity index (χ3v) is 9.92. The summed E-state index contributed by atoms with van der Waals surface area (Å²) in [6.07, 6.45) is 9.37. The number of amides is 1. The van der Waals surface area contributed by atoms with E-state index in [0.29, 0.717) is 36.2 Å². The van der Waals surface area contributed by atoms with Gasteiger partial charge in [0, 0.05) is 25.6 Å². The summed E-state index contributed by atoms with van der Waals surface area (Å²) in [4.78, 5) is 13.2. The summed E-state index contributed by atoms with van der Waals surface area (Å²) in [6.45, 7) is 1.68. The van der Waals surface area contributed by atoms with Gasteiger partial charge in [-0.25, -0.2) is 8.42 Å². The number of nitrogens with zero attached hydrogens (tertiary/aromatic N) is 1. The largest absolute Gasteiger partial charge is 0.355 e. The van der Waals surface area contributed by atoms with E-state index < -0.39 is 10.0 Å². The minimum Gasteiger partial charge on any atom is -0.355 e. The molecule has 4 saturated carbocycles. The van der Waals surface area contributed by atoms with Crippen molar-refractivity contribution in [2.75, 3.05) is 19.6 Å². The average molecular weight is 417 g/mol.